The lowest BCUT2D eigenvalue weighted by Crippen LogP contribution is -2.46. The van der Waals surface area contributed by atoms with Crippen LogP contribution in [0.15, 0.2) is 65.5 Å². The standard InChI is InChI=1S/C24H24N6O/c1-18(20-8-6-19(14-25)7-9-20)30-17-26-15-21(30)16-28-10-12-29(13-11-28)24-27-22-4-2-3-5-23(22)31-24/h2-9,15,17-18H,10-13,16H2,1H3/t18-/m1/s1. The van der Waals surface area contributed by atoms with Crippen molar-refractivity contribution in [1.29, 1.82) is 5.26 Å². The number of aromatic nitrogens is 3. The summed E-state index contributed by atoms with van der Waals surface area (Å²) < 4.78 is 8.14. The Hall–Kier alpha value is -3.63. The van der Waals surface area contributed by atoms with Gasteiger partial charge in [0.1, 0.15) is 5.52 Å². The van der Waals surface area contributed by atoms with Crippen LogP contribution in [0.25, 0.3) is 11.1 Å². The maximum Gasteiger partial charge on any atom is 0.298 e. The first-order chi connectivity index (χ1) is 15.2. The van der Waals surface area contributed by atoms with E-state index in [-0.39, 0.29) is 6.04 Å². The van der Waals surface area contributed by atoms with E-state index in [1.807, 2.05) is 61.1 Å². The van der Waals surface area contributed by atoms with E-state index in [0.29, 0.717) is 11.6 Å². The predicted molar refractivity (Wildman–Crippen MR) is 119 cm³/mol. The highest BCUT2D eigenvalue weighted by Crippen LogP contribution is 2.24. The highest BCUT2D eigenvalue weighted by atomic mass is 16.4. The first-order valence-electron chi connectivity index (χ1n) is 10.5. The average Bonchev–Trinajstić information content (AvgIpc) is 3.46. The maximum absolute atomic E-state index is 9.02. The molecule has 1 saturated heterocycles. The van der Waals surface area contributed by atoms with Crippen LogP contribution in [0, 0.1) is 11.3 Å². The van der Waals surface area contributed by atoms with Crippen LogP contribution in [0.4, 0.5) is 6.01 Å². The number of nitrogens with zero attached hydrogens (tertiary/aromatic N) is 6. The fourth-order valence-corrected chi connectivity index (χ4v) is 4.12. The van der Waals surface area contributed by atoms with Crippen LogP contribution in [0.5, 0.6) is 0 Å². The van der Waals surface area contributed by atoms with E-state index >= 15 is 0 Å². The molecule has 7 nitrogen and oxygen atoms in total. The van der Waals surface area contributed by atoms with Gasteiger partial charge in [0.05, 0.1) is 29.7 Å². The van der Waals surface area contributed by atoms with Crippen molar-refractivity contribution in [1.82, 2.24) is 19.4 Å². The predicted octanol–water partition coefficient (Wildman–Crippen LogP) is 3.83. The zero-order valence-corrected chi connectivity index (χ0v) is 17.5. The molecule has 1 aliphatic heterocycles. The second-order valence-electron chi connectivity index (χ2n) is 7.93. The Kier molecular flexibility index (Phi) is 5.14. The van der Waals surface area contributed by atoms with Crippen LogP contribution in [0.2, 0.25) is 0 Å². The highest BCUT2D eigenvalue weighted by molar-refractivity contribution is 5.74. The van der Waals surface area contributed by atoms with Crippen LogP contribution in [0.1, 0.15) is 29.8 Å². The number of oxazole rings is 1. The average molecular weight is 412 g/mol. The summed E-state index contributed by atoms with van der Waals surface area (Å²) in [5.74, 6) is 0. The summed E-state index contributed by atoms with van der Waals surface area (Å²) in [6, 6.07) is 18.7. The van der Waals surface area contributed by atoms with E-state index in [9.17, 15) is 0 Å². The summed E-state index contributed by atoms with van der Waals surface area (Å²) in [7, 11) is 0. The highest BCUT2D eigenvalue weighted by Gasteiger charge is 2.22. The number of fused-ring (bicyclic) bond motifs is 1. The molecule has 2 aromatic carbocycles. The molecule has 0 amide bonds. The summed E-state index contributed by atoms with van der Waals surface area (Å²) in [4.78, 5) is 13.7. The minimum atomic E-state index is 0.159. The summed E-state index contributed by atoms with van der Waals surface area (Å²) in [6.07, 6.45) is 3.85. The molecule has 3 heterocycles. The number of para-hydroxylation sites is 2. The number of piperazine rings is 1. The van der Waals surface area contributed by atoms with Gasteiger partial charge >= 0.3 is 0 Å². The molecular weight excluding hydrogens is 388 g/mol. The Morgan fingerprint density at radius 2 is 1.84 bits per heavy atom. The van der Waals surface area contributed by atoms with E-state index < -0.39 is 0 Å². The van der Waals surface area contributed by atoms with E-state index in [2.05, 4.69) is 37.3 Å². The molecule has 0 aliphatic carbocycles. The zero-order chi connectivity index (χ0) is 21.2. The SMILES string of the molecule is C[C@H](c1ccc(C#N)cc1)n1cncc1CN1CCN(c2nc3ccccc3o2)CC1. The van der Waals surface area contributed by atoms with Crippen LogP contribution in [0.3, 0.4) is 0 Å². The molecule has 1 atom stereocenters. The molecule has 2 aromatic heterocycles. The smallest absolute Gasteiger partial charge is 0.298 e. The fourth-order valence-electron chi connectivity index (χ4n) is 4.12. The van der Waals surface area contributed by atoms with Gasteiger partial charge < -0.3 is 13.9 Å². The number of nitriles is 1. The van der Waals surface area contributed by atoms with Crippen molar-refractivity contribution in [2.75, 3.05) is 31.1 Å². The Morgan fingerprint density at radius 3 is 2.58 bits per heavy atom. The third-order valence-corrected chi connectivity index (χ3v) is 6.00. The van der Waals surface area contributed by atoms with Gasteiger partial charge in [-0.3, -0.25) is 4.90 Å². The number of hydrogen-bond acceptors (Lipinski definition) is 6. The van der Waals surface area contributed by atoms with Gasteiger partial charge in [0.2, 0.25) is 0 Å². The first kappa shape index (κ1) is 19.3. The van der Waals surface area contributed by atoms with E-state index in [0.717, 1.165) is 43.8 Å². The Balaban J connectivity index is 1.24. The Labute approximate surface area is 181 Å². The first-order valence-corrected chi connectivity index (χ1v) is 10.5. The molecule has 1 fully saturated rings. The molecule has 0 unspecified atom stereocenters. The summed E-state index contributed by atoms with van der Waals surface area (Å²) >= 11 is 0. The third-order valence-electron chi connectivity index (χ3n) is 6.00. The van der Waals surface area contributed by atoms with Gasteiger partial charge in [-0.05, 0) is 36.8 Å². The van der Waals surface area contributed by atoms with Crippen molar-refractivity contribution < 1.29 is 4.42 Å². The summed E-state index contributed by atoms with van der Waals surface area (Å²) in [5, 5.41) is 9.02. The lowest BCUT2D eigenvalue weighted by Gasteiger charge is -2.34. The monoisotopic (exact) mass is 412 g/mol. The van der Waals surface area contributed by atoms with Gasteiger partial charge in [0.15, 0.2) is 5.58 Å². The molecule has 0 saturated carbocycles. The fraction of sp³-hybridized carbons (Fsp3) is 0.292. The molecule has 0 radical (unpaired) electrons. The normalized spacial score (nSPS) is 15.8. The van der Waals surface area contributed by atoms with Crippen LogP contribution in [-0.4, -0.2) is 45.6 Å². The lowest BCUT2D eigenvalue weighted by molar-refractivity contribution is 0.239. The van der Waals surface area contributed by atoms with Gasteiger partial charge in [-0.1, -0.05) is 24.3 Å². The molecule has 0 N–H and O–H groups in total. The molecule has 31 heavy (non-hydrogen) atoms. The van der Waals surface area contributed by atoms with Crippen molar-refractivity contribution in [2.24, 2.45) is 0 Å². The van der Waals surface area contributed by atoms with E-state index in [1.54, 1.807) is 0 Å². The number of hydrogen-bond donors (Lipinski definition) is 0. The van der Waals surface area contributed by atoms with Crippen molar-refractivity contribution in [3.63, 3.8) is 0 Å². The van der Waals surface area contributed by atoms with Crippen molar-refractivity contribution in [3.05, 3.63) is 77.9 Å². The minimum Gasteiger partial charge on any atom is -0.423 e. The van der Waals surface area contributed by atoms with E-state index in [1.165, 1.54) is 11.3 Å². The van der Waals surface area contributed by atoms with E-state index in [4.69, 9.17) is 9.68 Å². The van der Waals surface area contributed by atoms with Crippen molar-refractivity contribution >= 4 is 17.1 Å². The second-order valence-corrected chi connectivity index (χ2v) is 7.93. The minimum absolute atomic E-state index is 0.159. The van der Waals surface area contributed by atoms with Crippen LogP contribution < -0.4 is 4.90 Å². The van der Waals surface area contributed by atoms with Gasteiger partial charge in [0.25, 0.3) is 6.01 Å². The quantitative estimate of drug-likeness (QED) is 0.496. The molecule has 4 aromatic rings. The Bertz CT molecular complexity index is 1180. The third kappa shape index (κ3) is 3.90. The number of anilines is 1. The largest absolute Gasteiger partial charge is 0.423 e. The molecule has 0 spiro atoms. The molecule has 5 rings (SSSR count). The summed E-state index contributed by atoms with van der Waals surface area (Å²) in [5.41, 5.74) is 4.77. The maximum atomic E-state index is 9.02. The molecule has 156 valence electrons. The van der Waals surface area contributed by atoms with Crippen molar-refractivity contribution in [3.8, 4) is 6.07 Å². The summed E-state index contributed by atoms with van der Waals surface area (Å²) in [6.45, 7) is 6.66. The molecule has 1 aliphatic rings. The molecular formula is C24H24N6O. The topological polar surface area (TPSA) is 74.1 Å². The number of imidazole rings is 1. The Morgan fingerprint density at radius 1 is 1.06 bits per heavy atom. The van der Waals surface area contributed by atoms with Crippen LogP contribution in [-0.2, 0) is 6.54 Å². The van der Waals surface area contributed by atoms with Gasteiger partial charge in [-0.15, -0.1) is 0 Å². The van der Waals surface area contributed by atoms with Crippen molar-refractivity contribution in [2.45, 2.75) is 19.5 Å². The van der Waals surface area contributed by atoms with Gasteiger partial charge in [-0.2, -0.15) is 10.2 Å². The lowest BCUT2D eigenvalue weighted by atomic mass is 10.1. The number of rotatable bonds is 5. The number of benzene rings is 2. The van der Waals surface area contributed by atoms with Gasteiger partial charge in [0, 0.05) is 38.9 Å². The molecule has 0 bridgehead atoms. The second kappa shape index (κ2) is 8.25. The van der Waals surface area contributed by atoms with Gasteiger partial charge in [-0.25, -0.2) is 4.98 Å². The van der Waals surface area contributed by atoms with Crippen LogP contribution >= 0.6 is 0 Å². The molecule has 7 heteroatoms. The zero-order valence-electron chi connectivity index (χ0n) is 17.5.